The van der Waals surface area contributed by atoms with E-state index < -0.39 is 11.5 Å². The van der Waals surface area contributed by atoms with Crippen molar-refractivity contribution in [3.63, 3.8) is 0 Å². The minimum atomic E-state index is -1.33. The number of benzene rings is 1. The van der Waals surface area contributed by atoms with E-state index in [9.17, 15) is 19.1 Å². The molecular weight excluding hydrogens is 363 g/mol. The Bertz CT molecular complexity index is 1130. The number of carbonyl (C=O) groups is 1. The fourth-order valence-electron chi connectivity index (χ4n) is 3.90. The molecule has 1 fully saturated rings. The number of aliphatic hydroxyl groups is 1. The van der Waals surface area contributed by atoms with Crippen molar-refractivity contribution in [2.24, 2.45) is 14.1 Å². The maximum Gasteiger partial charge on any atom is 0.328 e. The lowest BCUT2D eigenvalue weighted by atomic mass is 9.85. The van der Waals surface area contributed by atoms with Crippen LogP contribution in [-0.2, 0) is 19.7 Å². The fraction of sp³-hybridized carbons (Fsp3) is 0.350. The molecule has 0 unspecified atom stereocenters. The summed E-state index contributed by atoms with van der Waals surface area (Å²) in [5.41, 5.74) is 0.603. The third kappa shape index (κ3) is 2.80. The minimum Gasteiger partial charge on any atom is -0.385 e. The standard InChI is InChI=1S/C20H21FN4O3/c1-23-15-6-5-13(12-16(15)24(2)19(23)27)18(26)25-10-7-20(28,8-11-25)14-4-3-9-22-17(14)21/h3-6,9,12,28H,7-8,10-11H2,1-2H3. The lowest BCUT2D eigenvalue weighted by Crippen LogP contribution is -2.45. The molecule has 1 N–H and O–H groups in total. The molecule has 1 aliphatic rings. The van der Waals surface area contributed by atoms with Crippen LogP contribution >= 0.6 is 0 Å². The van der Waals surface area contributed by atoms with E-state index in [2.05, 4.69) is 4.98 Å². The average molecular weight is 384 g/mol. The van der Waals surface area contributed by atoms with Gasteiger partial charge < -0.3 is 10.0 Å². The molecule has 1 saturated heterocycles. The molecule has 3 heterocycles. The lowest BCUT2D eigenvalue weighted by molar-refractivity contribution is -0.0241. The highest BCUT2D eigenvalue weighted by Gasteiger charge is 2.37. The van der Waals surface area contributed by atoms with Crippen molar-refractivity contribution < 1.29 is 14.3 Å². The van der Waals surface area contributed by atoms with Gasteiger partial charge in [-0.2, -0.15) is 4.39 Å². The van der Waals surface area contributed by atoms with Crippen molar-refractivity contribution in [3.8, 4) is 0 Å². The number of halogens is 1. The van der Waals surface area contributed by atoms with E-state index in [1.165, 1.54) is 21.4 Å². The van der Waals surface area contributed by atoms with Gasteiger partial charge >= 0.3 is 5.69 Å². The molecule has 0 saturated carbocycles. The lowest BCUT2D eigenvalue weighted by Gasteiger charge is -2.38. The number of imidazole rings is 1. The normalized spacial score (nSPS) is 16.5. The highest BCUT2D eigenvalue weighted by atomic mass is 19.1. The number of piperidine rings is 1. The van der Waals surface area contributed by atoms with Crippen LogP contribution in [0.1, 0.15) is 28.8 Å². The summed E-state index contributed by atoms with van der Waals surface area (Å²) in [6.07, 6.45) is 1.80. The number of hydrogen-bond donors (Lipinski definition) is 1. The van der Waals surface area contributed by atoms with Gasteiger partial charge in [-0.05, 0) is 37.1 Å². The topological polar surface area (TPSA) is 80.4 Å². The third-order valence-electron chi connectivity index (χ3n) is 5.66. The SMILES string of the molecule is Cn1c(=O)n(C)c2cc(C(=O)N3CCC(O)(c4cccnc4F)CC3)ccc21. The summed E-state index contributed by atoms with van der Waals surface area (Å²) in [5.74, 6) is -0.855. The molecule has 28 heavy (non-hydrogen) atoms. The molecule has 3 aromatic rings. The van der Waals surface area contributed by atoms with E-state index in [1.807, 2.05) is 0 Å². The maximum absolute atomic E-state index is 14.0. The quantitative estimate of drug-likeness (QED) is 0.680. The first-order valence-corrected chi connectivity index (χ1v) is 9.10. The van der Waals surface area contributed by atoms with Crippen LogP contribution < -0.4 is 5.69 Å². The summed E-state index contributed by atoms with van der Waals surface area (Å²) in [6.45, 7) is 0.602. The zero-order chi connectivity index (χ0) is 20.1. The van der Waals surface area contributed by atoms with Gasteiger partial charge in [-0.25, -0.2) is 9.78 Å². The molecule has 0 bridgehead atoms. The predicted molar refractivity (Wildman–Crippen MR) is 101 cm³/mol. The van der Waals surface area contributed by atoms with Gasteiger partial charge in [-0.15, -0.1) is 0 Å². The number of nitrogens with zero attached hydrogens (tertiary/aromatic N) is 4. The Morgan fingerprint density at radius 3 is 2.50 bits per heavy atom. The molecule has 0 spiro atoms. The monoisotopic (exact) mass is 384 g/mol. The molecule has 7 nitrogen and oxygen atoms in total. The summed E-state index contributed by atoms with van der Waals surface area (Å²) < 4.78 is 17.0. The Hall–Kier alpha value is -3.00. The van der Waals surface area contributed by atoms with E-state index >= 15 is 0 Å². The molecule has 1 aromatic carbocycles. The van der Waals surface area contributed by atoms with Crippen LogP contribution in [0.25, 0.3) is 11.0 Å². The molecule has 8 heteroatoms. The van der Waals surface area contributed by atoms with Gasteiger partial charge in [0.15, 0.2) is 0 Å². The van der Waals surface area contributed by atoms with E-state index in [-0.39, 0.29) is 30.0 Å². The number of aromatic nitrogens is 3. The Labute approximate surface area is 160 Å². The highest BCUT2D eigenvalue weighted by molar-refractivity contribution is 5.97. The molecule has 146 valence electrons. The zero-order valence-electron chi connectivity index (χ0n) is 15.7. The van der Waals surface area contributed by atoms with Crippen LogP contribution in [0.15, 0.2) is 41.3 Å². The van der Waals surface area contributed by atoms with Gasteiger partial charge in [-0.3, -0.25) is 13.9 Å². The summed E-state index contributed by atoms with van der Waals surface area (Å²) in [7, 11) is 3.36. The largest absolute Gasteiger partial charge is 0.385 e. The third-order valence-corrected chi connectivity index (χ3v) is 5.66. The van der Waals surface area contributed by atoms with Crippen molar-refractivity contribution >= 4 is 16.9 Å². The smallest absolute Gasteiger partial charge is 0.328 e. The molecule has 4 rings (SSSR count). The number of hydrogen-bond acceptors (Lipinski definition) is 4. The van der Waals surface area contributed by atoms with E-state index in [4.69, 9.17) is 0 Å². The Morgan fingerprint density at radius 1 is 1.14 bits per heavy atom. The predicted octanol–water partition coefficient (Wildman–Crippen LogP) is 1.53. The number of fused-ring (bicyclic) bond motifs is 1. The van der Waals surface area contributed by atoms with Crippen LogP contribution in [0.2, 0.25) is 0 Å². The number of rotatable bonds is 2. The molecule has 0 aliphatic carbocycles. The van der Waals surface area contributed by atoms with Crippen LogP contribution in [0.4, 0.5) is 4.39 Å². The van der Waals surface area contributed by atoms with Crippen LogP contribution in [0, 0.1) is 5.95 Å². The van der Waals surface area contributed by atoms with Crippen molar-refractivity contribution in [2.45, 2.75) is 18.4 Å². The summed E-state index contributed by atoms with van der Waals surface area (Å²) in [5, 5.41) is 10.8. The molecule has 1 aliphatic heterocycles. The first-order chi connectivity index (χ1) is 13.3. The number of likely N-dealkylation sites (tertiary alicyclic amines) is 1. The maximum atomic E-state index is 14.0. The van der Waals surface area contributed by atoms with Crippen molar-refractivity contribution in [1.29, 1.82) is 0 Å². The highest BCUT2D eigenvalue weighted by Crippen LogP contribution is 2.34. The van der Waals surface area contributed by atoms with E-state index in [1.54, 1.807) is 43.3 Å². The molecule has 0 radical (unpaired) electrons. The van der Waals surface area contributed by atoms with E-state index in [0.717, 1.165) is 5.52 Å². The molecule has 1 amide bonds. The van der Waals surface area contributed by atoms with Gasteiger partial charge in [0.05, 0.1) is 16.6 Å². The number of carbonyl (C=O) groups excluding carboxylic acids is 1. The Balaban J connectivity index is 1.56. The molecule has 0 atom stereocenters. The van der Waals surface area contributed by atoms with Crippen molar-refractivity contribution in [1.82, 2.24) is 19.0 Å². The van der Waals surface area contributed by atoms with Gasteiger partial charge in [0, 0.05) is 44.5 Å². The second-order valence-electron chi connectivity index (χ2n) is 7.27. The van der Waals surface area contributed by atoms with Crippen molar-refractivity contribution in [2.75, 3.05) is 13.1 Å². The molecule has 2 aromatic heterocycles. The second-order valence-corrected chi connectivity index (χ2v) is 7.27. The minimum absolute atomic E-state index is 0.152. The molecular formula is C20H21FN4O3. The van der Waals surface area contributed by atoms with Crippen LogP contribution in [-0.4, -0.2) is 43.1 Å². The second kappa shape index (κ2) is 6.56. The Kier molecular flexibility index (Phi) is 4.30. The summed E-state index contributed by atoms with van der Waals surface area (Å²) in [4.78, 5) is 30.3. The Morgan fingerprint density at radius 2 is 1.82 bits per heavy atom. The van der Waals surface area contributed by atoms with Crippen molar-refractivity contribution in [3.05, 3.63) is 64.1 Å². The number of amides is 1. The van der Waals surface area contributed by atoms with E-state index in [0.29, 0.717) is 24.2 Å². The first-order valence-electron chi connectivity index (χ1n) is 9.10. The van der Waals surface area contributed by atoms with Crippen LogP contribution in [0.5, 0.6) is 0 Å². The number of pyridine rings is 1. The fourth-order valence-corrected chi connectivity index (χ4v) is 3.90. The summed E-state index contributed by atoms with van der Waals surface area (Å²) >= 11 is 0. The number of aryl methyl sites for hydroxylation is 2. The van der Waals surface area contributed by atoms with Gasteiger partial charge in [0.25, 0.3) is 5.91 Å². The van der Waals surface area contributed by atoms with Gasteiger partial charge in [0.1, 0.15) is 0 Å². The van der Waals surface area contributed by atoms with Gasteiger partial charge in [0.2, 0.25) is 5.95 Å². The first kappa shape index (κ1) is 18.4. The van der Waals surface area contributed by atoms with Crippen LogP contribution in [0.3, 0.4) is 0 Å². The average Bonchev–Trinajstić information content (AvgIpc) is 2.92. The van der Waals surface area contributed by atoms with Gasteiger partial charge in [-0.1, -0.05) is 6.07 Å². The summed E-state index contributed by atoms with van der Waals surface area (Å²) in [6, 6.07) is 8.29. The zero-order valence-corrected chi connectivity index (χ0v) is 15.7.